The summed E-state index contributed by atoms with van der Waals surface area (Å²) in [6, 6.07) is -0.562. The van der Waals surface area contributed by atoms with E-state index in [1.54, 1.807) is 0 Å². The van der Waals surface area contributed by atoms with Crippen LogP contribution in [-0.4, -0.2) is 47.4 Å². The molecule has 1 amide bonds. The van der Waals surface area contributed by atoms with Gasteiger partial charge in [0, 0.05) is 12.8 Å². The van der Waals surface area contributed by atoms with Gasteiger partial charge >= 0.3 is 5.97 Å². The summed E-state index contributed by atoms with van der Waals surface area (Å²) in [5, 5.41) is 23.3. The molecule has 0 aromatic rings. The fourth-order valence-electron chi connectivity index (χ4n) is 9.16. The lowest BCUT2D eigenvalue weighted by molar-refractivity contribution is -0.143. The van der Waals surface area contributed by atoms with Crippen LogP contribution in [0, 0.1) is 0 Å². The molecule has 0 aliphatic rings. The van der Waals surface area contributed by atoms with Crippen molar-refractivity contribution < 1.29 is 24.5 Å². The molecule has 0 fully saturated rings. The molecule has 3 N–H and O–H groups in total. The van der Waals surface area contributed by atoms with Gasteiger partial charge in [-0.05, 0) is 83.5 Å². The van der Waals surface area contributed by atoms with Gasteiger partial charge in [-0.1, -0.05) is 250 Å². The van der Waals surface area contributed by atoms with E-state index in [-0.39, 0.29) is 18.5 Å². The van der Waals surface area contributed by atoms with Gasteiger partial charge in [-0.3, -0.25) is 9.59 Å². The highest BCUT2D eigenvalue weighted by Crippen LogP contribution is 2.17. The Labute approximate surface area is 411 Å². The van der Waals surface area contributed by atoms with Crippen LogP contribution in [0.25, 0.3) is 0 Å². The fourth-order valence-corrected chi connectivity index (χ4v) is 9.16. The lowest BCUT2D eigenvalue weighted by Gasteiger charge is -2.22. The molecule has 2 atom stereocenters. The van der Waals surface area contributed by atoms with Crippen molar-refractivity contribution in [2.45, 2.75) is 334 Å². The van der Waals surface area contributed by atoms with Crippen molar-refractivity contribution in [2.24, 2.45) is 0 Å². The van der Waals surface area contributed by atoms with Crippen molar-refractivity contribution in [3.8, 4) is 0 Å². The highest BCUT2D eigenvalue weighted by atomic mass is 16.5. The number of carbonyl (C=O) groups is 2. The minimum absolute atomic E-state index is 0.0320. The highest BCUT2D eigenvalue weighted by molar-refractivity contribution is 5.76. The van der Waals surface area contributed by atoms with Crippen LogP contribution in [0.1, 0.15) is 322 Å². The van der Waals surface area contributed by atoms with E-state index in [4.69, 9.17) is 4.74 Å². The summed E-state index contributed by atoms with van der Waals surface area (Å²) >= 11 is 0. The Bertz CT molecular complexity index is 1030. The average Bonchev–Trinajstić information content (AvgIpc) is 3.32. The minimum Gasteiger partial charge on any atom is -0.466 e. The number of unbranched alkanes of at least 4 members (excludes halogenated alkanes) is 40. The summed E-state index contributed by atoms with van der Waals surface area (Å²) in [6.45, 7) is 4.88. The first kappa shape index (κ1) is 64.3. The van der Waals surface area contributed by atoms with E-state index in [1.165, 1.54) is 212 Å². The molecule has 0 aromatic carbocycles. The van der Waals surface area contributed by atoms with E-state index in [2.05, 4.69) is 43.5 Å². The zero-order valence-corrected chi connectivity index (χ0v) is 44.4. The predicted molar refractivity (Wildman–Crippen MR) is 287 cm³/mol. The van der Waals surface area contributed by atoms with Crippen LogP contribution < -0.4 is 5.32 Å². The van der Waals surface area contributed by atoms with Crippen LogP contribution in [-0.2, 0) is 14.3 Å². The smallest absolute Gasteiger partial charge is 0.305 e. The van der Waals surface area contributed by atoms with Gasteiger partial charge in [0.15, 0.2) is 0 Å². The van der Waals surface area contributed by atoms with Gasteiger partial charge in [0.05, 0.1) is 25.4 Å². The van der Waals surface area contributed by atoms with Gasteiger partial charge in [0.25, 0.3) is 0 Å². The van der Waals surface area contributed by atoms with E-state index >= 15 is 0 Å². The first-order valence-corrected chi connectivity index (χ1v) is 29.6. The Morgan fingerprint density at radius 1 is 0.409 bits per heavy atom. The van der Waals surface area contributed by atoms with E-state index < -0.39 is 12.1 Å². The summed E-state index contributed by atoms with van der Waals surface area (Å²) < 4.78 is 5.43. The first-order chi connectivity index (χ1) is 32.5. The number of rotatable bonds is 55. The normalized spacial score (nSPS) is 12.7. The van der Waals surface area contributed by atoms with Crippen LogP contribution in [0.5, 0.6) is 0 Å². The van der Waals surface area contributed by atoms with Crippen LogP contribution in [0.4, 0.5) is 0 Å². The standard InChI is InChI=1S/C60H115NO5/c1-3-5-7-9-11-13-15-17-18-19-20-21-22-23-24-25-26-27-28-29-32-36-40-44-48-52-58(63)57(56-62)61-59(64)53-49-45-41-37-33-30-31-35-39-43-47-51-55-66-60(65)54-50-46-42-38-34-16-14-12-10-8-6-4-2/h12,14,31,35,57-58,62-63H,3-11,13,15-30,32-34,36-56H2,1-2H3,(H,61,64)/b14-12-,35-31-. The highest BCUT2D eigenvalue weighted by Gasteiger charge is 2.20. The van der Waals surface area contributed by atoms with E-state index in [0.29, 0.717) is 25.9 Å². The number of nitrogens with one attached hydrogen (secondary N) is 1. The summed E-state index contributed by atoms with van der Waals surface area (Å²) in [7, 11) is 0. The maximum atomic E-state index is 12.5. The number of carbonyl (C=O) groups excluding carboxylic acids is 2. The lowest BCUT2D eigenvalue weighted by atomic mass is 10.0. The maximum Gasteiger partial charge on any atom is 0.305 e. The molecule has 0 aromatic heterocycles. The number of ether oxygens (including phenoxy) is 1. The maximum absolute atomic E-state index is 12.5. The third kappa shape index (κ3) is 51.7. The van der Waals surface area contributed by atoms with Crippen LogP contribution in [0.3, 0.4) is 0 Å². The molecular weight excluding hydrogens is 815 g/mol. The largest absolute Gasteiger partial charge is 0.466 e. The van der Waals surface area contributed by atoms with Crippen molar-refractivity contribution in [2.75, 3.05) is 13.2 Å². The van der Waals surface area contributed by atoms with Gasteiger partial charge < -0.3 is 20.3 Å². The fraction of sp³-hybridized carbons (Fsp3) is 0.900. The molecule has 66 heavy (non-hydrogen) atoms. The van der Waals surface area contributed by atoms with Crippen LogP contribution >= 0.6 is 0 Å². The van der Waals surface area contributed by atoms with Gasteiger partial charge in [0.2, 0.25) is 5.91 Å². The van der Waals surface area contributed by atoms with Gasteiger partial charge in [-0.25, -0.2) is 0 Å². The number of aliphatic hydroxyl groups excluding tert-OH is 2. The Morgan fingerprint density at radius 3 is 1.11 bits per heavy atom. The average molecular weight is 931 g/mol. The lowest BCUT2D eigenvalue weighted by Crippen LogP contribution is -2.45. The summed E-state index contributed by atoms with van der Waals surface area (Å²) in [5.41, 5.74) is 0. The molecule has 0 saturated heterocycles. The van der Waals surface area contributed by atoms with Crippen molar-refractivity contribution in [1.29, 1.82) is 0 Å². The van der Waals surface area contributed by atoms with E-state index in [0.717, 1.165) is 77.0 Å². The molecule has 0 radical (unpaired) electrons. The molecule has 0 spiro atoms. The molecule has 6 heteroatoms. The quantitative estimate of drug-likeness (QED) is 0.0321. The topological polar surface area (TPSA) is 95.9 Å². The third-order valence-electron chi connectivity index (χ3n) is 13.7. The molecular formula is C60H115NO5. The van der Waals surface area contributed by atoms with Gasteiger partial charge in [-0.15, -0.1) is 0 Å². The van der Waals surface area contributed by atoms with Gasteiger partial charge in [0.1, 0.15) is 0 Å². The van der Waals surface area contributed by atoms with Crippen LogP contribution in [0.15, 0.2) is 24.3 Å². The van der Waals surface area contributed by atoms with Crippen molar-refractivity contribution in [3.63, 3.8) is 0 Å². The van der Waals surface area contributed by atoms with Crippen molar-refractivity contribution in [1.82, 2.24) is 5.32 Å². The molecule has 0 bridgehead atoms. The molecule has 390 valence electrons. The number of aliphatic hydroxyl groups is 2. The molecule has 0 rings (SSSR count). The number of allylic oxidation sites excluding steroid dienone is 4. The Balaban J connectivity index is 3.48. The summed E-state index contributed by atoms with van der Waals surface area (Å²) in [5.74, 6) is -0.0902. The molecule has 0 saturated carbocycles. The molecule has 2 unspecified atom stereocenters. The Morgan fingerprint density at radius 2 is 0.712 bits per heavy atom. The minimum atomic E-state index is -0.682. The Hall–Kier alpha value is -1.66. The SMILES string of the molecule is CCCCC/C=C\CCCCCCCC(=O)OCCCCC/C=C\CCCCCCCC(=O)NC(CO)C(O)CCCCCCCCCCCCCCCCCCCCCCCCCCC. The van der Waals surface area contributed by atoms with Gasteiger partial charge in [-0.2, -0.15) is 0 Å². The van der Waals surface area contributed by atoms with E-state index in [1.807, 2.05) is 0 Å². The number of hydrogen-bond donors (Lipinski definition) is 3. The number of hydrogen-bond acceptors (Lipinski definition) is 5. The zero-order valence-electron chi connectivity index (χ0n) is 44.4. The first-order valence-electron chi connectivity index (χ1n) is 29.6. The Kier molecular flexibility index (Phi) is 54.5. The second-order valence-corrected chi connectivity index (χ2v) is 20.3. The summed E-state index contributed by atoms with van der Waals surface area (Å²) in [6.07, 6.45) is 67.5. The van der Waals surface area contributed by atoms with Crippen LogP contribution in [0.2, 0.25) is 0 Å². The molecule has 0 heterocycles. The number of esters is 1. The monoisotopic (exact) mass is 930 g/mol. The third-order valence-corrected chi connectivity index (χ3v) is 13.7. The summed E-state index contributed by atoms with van der Waals surface area (Å²) in [4.78, 5) is 24.5. The number of amides is 1. The van der Waals surface area contributed by atoms with Crippen molar-refractivity contribution in [3.05, 3.63) is 24.3 Å². The second-order valence-electron chi connectivity index (χ2n) is 20.3. The molecule has 0 aliphatic carbocycles. The second kappa shape index (κ2) is 55.9. The molecule has 6 nitrogen and oxygen atoms in total. The van der Waals surface area contributed by atoms with Crippen molar-refractivity contribution >= 4 is 11.9 Å². The predicted octanol–water partition coefficient (Wildman–Crippen LogP) is 18.2. The zero-order chi connectivity index (χ0) is 47.9. The van der Waals surface area contributed by atoms with E-state index in [9.17, 15) is 19.8 Å². The molecule has 0 aliphatic heterocycles.